The molecule has 1 aliphatic heterocycles. The molecule has 7 atom stereocenters. The van der Waals surface area contributed by atoms with Crippen molar-refractivity contribution >= 4 is 29.5 Å². The lowest BCUT2D eigenvalue weighted by atomic mass is 9.83. The summed E-state index contributed by atoms with van der Waals surface area (Å²) in [6.45, 7) is 9.76. The van der Waals surface area contributed by atoms with Crippen LogP contribution in [0.4, 0.5) is 0 Å². The Kier molecular flexibility index (Phi) is 14.9. The number of nitrogens with one attached hydrogen (secondary N) is 4. The Bertz CT molecular complexity index is 1080. The van der Waals surface area contributed by atoms with Crippen LogP contribution in [0.25, 0.3) is 0 Å². The van der Waals surface area contributed by atoms with Gasteiger partial charge in [-0.25, -0.2) is 0 Å². The Hall–Kier alpha value is -2.77. The number of carbonyl (C=O) groups excluding carboxylic acids is 5. The molecule has 13 heteroatoms. The molecule has 0 aromatic carbocycles. The predicted molar refractivity (Wildman–Crippen MR) is 180 cm³/mol. The monoisotopic (exact) mass is 663 g/mol. The summed E-state index contributed by atoms with van der Waals surface area (Å²) in [7, 11) is 1.65. The number of nitrogens with zero attached hydrogens (tertiary/aromatic N) is 2. The molecule has 13 nitrogen and oxygen atoms in total. The van der Waals surface area contributed by atoms with Crippen molar-refractivity contribution in [2.75, 3.05) is 26.7 Å². The molecule has 2 aliphatic carbocycles. The van der Waals surface area contributed by atoms with E-state index in [4.69, 9.17) is 5.73 Å². The molecule has 1 saturated heterocycles. The van der Waals surface area contributed by atoms with Crippen LogP contribution >= 0.6 is 0 Å². The molecule has 0 radical (unpaired) electrons. The van der Waals surface area contributed by atoms with Crippen molar-refractivity contribution in [2.24, 2.45) is 23.5 Å². The van der Waals surface area contributed by atoms with Gasteiger partial charge in [0, 0.05) is 32.7 Å². The van der Waals surface area contributed by atoms with Gasteiger partial charge in [-0.3, -0.25) is 28.9 Å². The lowest BCUT2D eigenvalue weighted by molar-refractivity contribution is -0.145. The first-order chi connectivity index (χ1) is 22.2. The Morgan fingerprint density at radius 1 is 0.830 bits per heavy atom. The zero-order chi connectivity index (χ0) is 34.8. The molecule has 7 N–H and O–H groups in total. The van der Waals surface area contributed by atoms with E-state index in [1.165, 1.54) is 11.8 Å². The third kappa shape index (κ3) is 10.6. The number of aliphatic hydroxyl groups is 1. The van der Waals surface area contributed by atoms with Gasteiger partial charge in [0.25, 0.3) is 0 Å². The van der Waals surface area contributed by atoms with Crippen molar-refractivity contribution in [3.8, 4) is 0 Å². The van der Waals surface area contributed by atoms with E-state index in [1.807, 2.05) is 27.7 Å². The second kappa shape index (κ2) is 18.1. The number of amides is 5. The van der Waals surface area contributed by atoms with Gasteiger partial charge in [-0.15, -0.1) is 0 Å². The lowest BCUT2D eigenvalue weighted by Gasteiger charge is -2.40. The maximum absolute atomic E-state index is 14.2. The average molecular weight is 664 g/mol. The van der Waals surface area contributed by atoms with Gasteiger partial charge >= 0.3 is 0 Å². The topological polar surface area (TPSA) is 186 Å². The van der Waals surface area contributed by atoms with Crippen LogP contribution in [-0.4, -0.2) is 113 Å². The zero-order valence-corrected chi connectivity index (χ0v) is 29.4. The summed E-state index contributed by atoms with van der Waals surface area (Å²) in [5.74, 6) is -2.09. The number of nitrogens with two attached hydrogens (primary N) is 1. The van der Waals surface area contributed by atoms with Crippen LogP contribution in [0.15, 0.2) is 0 Å². The Labute approximate surface area is 280 Å². The molecule has 3 rings (SSSR count). The largest absolute Gasteiger partial charge is 0.391 e. The van der Waals surface area contributed by atoms with Crippen LogP contribution in [0.1, 0.15) is 98.8 Å². The van der Waals surface area contributed by atoms with Crippen molar-refractivity contribution in [2.45, 2.75) is 141 Å². The number of aliphatic hydroxyl groups excluding tert-OH is 1. The molecule has 0 spiro atoms. The van der Waals surface area contributed by atoms with E-state index in [0.717, 1.165) is 57.8 Å². The van der Waals surface area contributed by atoms with Gasteiger partial charge in [-0.1, -0.05) is 46.0 Å². The minimum atomic E-state index is -1.29. The van der Waals surface area contributed by atoms with Gasteiger partial charge in [0.1, 0.15) is 24.2 Å². The molecule has 0 aromatic rings. The molecule has 3 aliphatic rings. The minimum absolute atomic E-state index is 0.0898. The predicted octanol–water partition coefficient (Wildman–Crippen LogP) is 0.633. The molecule has 0 bridgehead atoms. The summed E-state index contributed by atoms with van der Waals surface area (Å²) >= 11 is 0. The molecule has 0 unspecified atom stereocenters. The summed E-state index contributed by atoms with van der Waals surface area (Å²) in [5.41, 5.74) is 5.93. The molecule has 3 fully saturated rings. The quantitative estimate of drug-likeness (QED) is 0.229. The summed E-state index contributed by atoms with van der Waals surface area (Å²) in [6, 6.07) is -5.10. The fourth-order valence-electron chi connectivity index (χ4n) is 7.43. The van der Waals surface area contributed by atoms with Crippen LogP contribution in [-0.2, 0) is 24.0 Å². The third-order valence-corrected chi connectivity index (χ3v) is 10.4. The number of carbonyl (C=O) groups is 5. The fourth-order valence-corrected chi connectivity index (χ4v) is 7.43. The van der Waals surface area contributed by atoms with Gasteiger partial charge in [-0.05, 0) is 70.6 Å². The highest BCUT2D eigenvalue weighted by molar-refractivity contribution is 5.96. The molecule has 5 amide bonds. The van der Waals surface area contributed by atoms with Crippen molar-refractivity contribution in [3.05, 3.63) is 0 Å². The first kappa shape index (κ1) is 38.7. The first-order valence-electron chi connectivity index (χ1n) is 17.8. The smallest absolute Gasteiger partial charge is 0.245 e. The Morgan fingerprint density at radius 3 is 2.02 bits per heavy atom. The molecule has 1 heterocycles. The van der Waals surface area contributed by atoms with E-state index >= 15 is 0 Å². The first-order valence-corrected chi connectivity index (χ1v) is 17.8. The van der Waals surface area contributed by atoms with Gasteiger partial charge in [0.2, 0.25) is 29.5 Å². The standard InChI is InChI=1S/C34H61N7O6/c1-20(2)16-27-31(44)39-29(25-14-8-7-9-15-25)33(46)37-26(17-35)30(43)38-28(23(5)42)32(45)36-18-21(3)41(19-24-12-10-11-13-24)22(4)34(47)40(27)6/h20-29,42H,7-19,35H2,1-6H3,(H,36,45)(H,37,46)(H,38,43)(H,39,44)/t21-,22-,23-,26-,27-,28-,29-/m0/s1. The van der Waals surface area contributed by atoms with E-state index in [2.05, 4.69) is 26.2 Å². The Morgan fingerprint density at radius 2 is 1.45 bits per heavy atom. The highest BCUT2D eigenvalue weighted by atomic mass is 16.3. The highest BCUT2D eigenvalue weighted by Crippen LogP contribution is 2.29. The van der Waals surface area contributed by atoms with Gasteiger partial charge < -0.3 is 37.0 Å². The second-order valence-electron chi connectivity index (χ2n) is 14.6. The van der Waals surface area contributed by atoms with Gasteiger partial charge in [-0.2, -0.15) is 0 Å². The maximum atomic E-state index is 14.2. The molecule has 2 saturated carbocycles. The van der Waals surface area contributed by atoms with Crippen LogP contribution in [0.5, 0.6) is 0 Å². The Balaban J connectivity index is 2.04. The SMILES string of the molecule is CC(C)C[C@H]1C(=O)N[C@@H](C2CCCCC2)C(=O)N[C@@H](CN)C(=O)N[C@@H]([C@H](C)O)C(=O)NC[C@H](C)N(CC2CCCC2)[C@@H](C)C(=O)N1C. The van der Waals surface area contributed by atoms with E-state index in [0.29, 0.717) is 18.9 Å². The van der Waals surface area contributed by atoms with Crippen molar-refractivity contribution in [3.63, 3.8) is 0 Å². The van der Waals surface area contributed by atoms with Crippen LogP contribution in [0.3, 0.4) is 0 Å². The number of hydrogen-bond donors (Lipinski definition) is 6. The third-order valence-electron chi connectivity index (χ3n) is 10.4. The fraction of sp³-hybridized carbons (Fsp3) is 0.853. The van der Waals surface area contributed by atoms with Crippen LogP contribution < -0.4 is 27.0 Å². The maximum Gasteiger partial charge on any atom is 0.245 e. The molecule has 0 aromatic heterocycles. The van der Waals surface area contributed by atoms with E-state index in [9.17, 15) is 29.1 Å². The van der Waals surface area contributed by atoms with Crippen molar-refractivity contribution < 1.29 is 29.1 Å². The van der Waals surface area contributed by atoms with Crippen LogP contribution in [0.2, 0.25) is 0 Å². The molecule has 268 valence electrons. The molecular formula is C34H61N7O6. The van der Waals surface area contributed by atoms with Gasteiger partial charge in [0.15, 0.2) is 0 Å². The number of hydrogen-bond acceptors (Lipinski definition) is 8. The van der Waals surface area contributed by atoms with E-state index in [1.54, 1.807) is 7.05 Å². The number of likely N-dealkylation sites (N-methyl/N-ethyl adjacent to an activating group) is 1. The summed E-state index contributed by atoms with van der Waals surface area (Å²) in [6.07, 6.45) is 7.90. The summed E-state index contributed by atoms with van der Waals surface area (Å²) in [4.78, 5) is 72.5. The van der Waals surface area contributed by atoms with Crippen molar-refractivity contribution in [1.82, 2.24) is 31.1 Å². The van der Waals surface area contributed by atoms with E-state index < -0.39 is 59.9 Å². The normalized spacial score (nSPS) is 31.5. The second-order valence-corrected chi connectivity index (χ2v) is 14.6. The van der Waals surface area contributed by atoms with Crippen LogP contribution in [0, 0.1) is 17.8 Å². The highest BCUT2D eigenvalue weighted by Gasteiger charge is 2.40. The summed E-state index contributed by atoms with van der Waals surface area (Å²) in [5, 5.41) is 21.6. The van der Waals surface area contributed by atoms with E-state index in [-0.39, 0.29) is 36.9 Å². The molecular weight excluding hydrogens is 602 g/mol. The minimum Gasteiger partial charge on any atom is -0.391 e. The number of rotatable bonds is 7. The van der Waals surface area contributed by atoms with Crippen molar-refractivity contribution in [1.29, 1.82) is 0 Å². The van der Waals surface area contributed by atoms with Gasteiger partial charge in [0.05, 0.1) is 12.1 Å². The zero-order valence-electron chi connectivity index (χ0n) is 29.4. The average Bonchev–Trinajstić information content (AvgIpc) is 3.56. The molecule has 47 heavy (non-hydrogen) atoms. The summed E-state index contributed by atoms with van der Waals surface area (Å²) < 4.78 is 0. The lowest BCUT2D eigenvalue weighted by Crippen LogP contribution is -2.63.